The second-order valence-corrected chi connectivity index (χ2v) is 12.3. The van der Waals surface area contributed by atoms with Gasteiger partial charge in [-0.3, -0.25) is 19.1 Å². The van der Waals surface area contributed by atoms with Crippen molar-refractivity contribution >= 4 is 50.4 Å². The molecule has 0 saturated carbocycles. The first-order chi connectivity index (χ1) is 20.8. The van der Waals surface area contributed by atoms with Crippen LogP contribution >= 0.6 is 11.3 Å². The van der Waals surface area contributed by atoms with E-state index in [0.717, 1.165) is 41.9 Å². The molecule has 2 aliphatic heterocycles. The maximum Gasteiger partial charge on any atom is 0.418 e. The molecule has 0 radical (unpaired) electrons. The highest BCUT2D eigenvalue weighted by Crippen LogP contribution is 2.33. The third kappa shape index (κ3) is 7.91. The largest absolute Gasteiger partial charge is 0.490 e. The summed E-state index contributed by atoms with van der Waals surface area (Å²) in [5.41, 5.74) is 18.2. The Morgan fingerprint density at radius 2 is 2.07 bits per heavy atom. The van der Waals surface area contributed by atoms with E-state index in [1.165, 1.54) is 19.2 Å². The SMILES string of the molecule is CC1(C)C(NC(=O)/C(=N\OCCOc2ccc3c(c2)CCN(C(N)=NCCCN)C3)c2csc(N)n2)C(=O)N1OS(=O)(=O)O. The number of hydroxylamine groups is 2. The number of nitrogen functional groups attached to an aromatic ring is 1. The Balaban J connectivity index is 1.33. The van der Waals surface area contributed by atoms with Gasteiger partial charge in [0.05, 0.1) is 5.54 Å². The molecule has 2 amide bonds. The van der Waals surface area contributed by atoms with Gasteiger partial charge in [0, 0.05) is 25.0 Å². The van der Waals surface area contributed by atoms with Gasteiger partial charge in [0.2, 0.25) is 0 Å². The maximum atomic E-state index is 13.1. The smallest absolute Gasteiger partial charge is 0.418 e. The van der Waals surface area contributed by atoms with Gasteiger partial charge in [0.25, 0.3) is 11.8 Å². The summed E-state index contributed by atoms with van der Waals surface area (Å²) in [5.74, 6) is -0.582. The number of rotatable bonds is 13. The van der Waals surface area contributed by atoms with Crippen LogP contribution in [0.3, 0.4) is 0 Å². The lowest BCUT2D eigenvalue weighted by Crippen LogP contribution is -2.76. The molecule has 1 aromatic heterocycles. The lowest BCUT2D eigenvalue weighted by molar-refractivity contribution is -0.218. The summed E-state index contributed by atoms with van der Waals surface area (Å²) < 4.78 is 41.2. The molecule has 240 valence electrons. The zero-order valence-corrected chi connectivity index (χ0v) is 25.8. The first-order valence-corrected chi connectivity index (χ1v) is 15.8. The summed E-state index contributed by atoms with van der Waals surface area (Å²) in [6.45, 7) is 5.49. The minimum Gasteiger partial charge on any atom is -0.490 e. The van der Waals surface area contributed by atoms with Crippen LogP contribution in [0.5, 0.6) is 5.75 Å². The number of ether oxygens (including phenoxy) is 1. The number of fused-ring (bicyclic) bond motifs is 1. The molecule has 0 bridgehead atoms. The number of benzene rings is 1. The van der Waals surface area contributed by atoms with Crippen molar-refractivity contribution in [1.82, 2.24) is 20.3 Å². The van der Waals surface area contributed by atoms with Crippen LogP contribution < -0.4 is 27.3 Å². The number of carbonyl (C=O) groups excluding carboxylic acids is 2. The Morgan fingerprint density at radius 1 is 1.30 bits per heavy atom. The quantitative estimate of drug-likeness (QED) is 0.0452. The van der Waals surface area contributed by atoms with E-state index in [4.69, 9.17) is 31.3 Å². The Hall–Kier alpha value is -4.04. The highest BCUT2D eigenvalue weighted by atomic mass is 32.3. The number of aromatic nitrogens is 1. The van der Waals surface area contributed by atoms with Gasteiger partial charge >= 0.3 is 10.4 Å². The van der Waals surface area contributed by atoms with Crippen LogP contribution in [0.25, 0.3) is 0 Å². The van der Waals surface area contributed by atoms with Crippen molar-refractivity contribution in [3.8, 4) is 5.75 Å². The van der Waals surface area contributed by atoms with Crippen LogP contribution in [0.1, 0.15) is 37.1 Å². The Labute approximate surface area is 257 Å². The fraction of sp³-hybridized carbons (Fsp3) is 0.480. The predicted octanol–water partition coefficient (Wildman–Crippen LogP) is -0.613. The van der Waals surface area contributed by atoms with Crippen molar-refractivity contribution in [1.29, 1.82) is 0 Å². The number of oxime groups is 1. The molecule has 2 aliphatic rings. The molecule has 1 aromatic carbocycles. The van der Waals surface area contributed by atoms with Crippen molar-refractivity contribution in [2.24, 2.45) is 21.6 Å². The molecular formula is C25H35N9O8S2. The topological polar surface area (TPSA) is 250 Å². The molecule has 1 fully saturated rings. The molecule has 1 saturated heterocycles. The molecule has 1 unspecified atom stereocenters. The Morgan fingerprint density at radius 3 is 2.73 bits per heavy atom. The average Bonchev–Trinajstić information content (AvgIpc) is 3.41. The van der Waals surface area contributed by atoms with E-state index in [1.807, 2.05) is 23.1 Å². The fourth-order valence-electron chi connectivity index (χ4n) is 4.53. The van der Waals surface area contributed by atoms with Gasteiger partial charge in [0.15, 0.2) is 23.4 Å². The molecule has 19 heteroatoms. The van der Waals surface area contributed by atoms with Gasteiger partial charge in [-0.15, -0.1) is 15.6 Å². The number of nitrogens with two attached hydrogens (primary N) is 3. The normalized spacial score (nSPS) is 18.5. The molecule has 0 aliphatic carbocycles. The van der Waals surface area contributed by atoms with Gasteiger partial charge in [-0.1, -0.05) is 11.2 Å². The zero-order chi connectivity index (χ0) is 32.1. The van der Waals surface area contributed by atoms with Crippen molar-refractivity contribution in [3.05, 3.63) is 40.4 Å². The summed E-state index contributed by atoms with van der Waals surface area (Å²) >= 11 is 1.07. The number of hydrogen-bond donors (Lipinski definition) is 5. The first-order valence-electron chi connectivity index (χ1n) is 13.5. The monoisotopic (exact) mass is 653 g/mol. The highest BCUT2D eigenvalue weighted by molar-refractivity contribution is 7.80. The van der Waals surface area contributed by atoms with Crippen molar-refractivity contribution < 1.29 is 36.4 Å². The maximum absolute atomic E-state index is 13.1. The minimum atomic E-state index is -4.95. The van der Waals surface area contributed by atoms with Gasteiger partial charge in [-0.2, -0.15) is 13.5 Å². The number of thiazole rings is 1. The second-order valence-electron chi connectivity index (χ2n) is 10.4. The van der Waals surface area contributed by atoms with Crippen LogP contribution in [0.2, 0.25) is 0 Å². The number of amides is 2. The van der Waals surface area contributed by atoms with Crippen LogP contribution in [0, 0.1) is 0 Å². The van der Waals surface area contributed by atoms with Gasteiger partial charge < -0.3 is 37.0 Å². The number of carbonyl (C=O) groups is 2. The second kappa shape index (κ2) is 13.7. The third-order valence-corrected chi connectivity index (χ3v) is 7.86. The molecular weight excluding hydrogens is 618 g/mol. The minimum absolute atomic E-state index is 0.0269. The van der Waals surface area contributed by atoms with Crippen LogP contribution in [-0.2, 0) is 42.1 Å². The van der Waals surface area contributed by atoms with E-state index in [2.05, 4.69) is 24.7 Å². The zero-order valence-electron chi connectivity index (χ0n) is 24.1. The van der Waals surface area contributed by atoms with Crippen molar-refractivity contribution in [2.45, 2.75) is 44.8 Å². The predicted molar refractivity (Wildman–Crippen MR) is 161 cm³/mol. The van der Waals surface area contributed by atoms with E-state index in [-0.39, 0.29) is 29.8 Å². The summed E-state index contributed by atoms with van der Waals surface area (Å²) in [6.07, 6.45) is 1.56. The molecule has 44 heavy (non-hydrogen) atoms. The van der Waals surface area contributed by atoms with Crippen LogP contribution in [0.4, 0.5) is 5.13 Å². The molecule has 8 N–H and O–H groups in total. The van der Waals surface area contributed by atoms with Gasteiger partial charge in [-0.05, 0) is 56.5 Å². The fourth-order valence-corrected chi connectivity index (χ4v) is 5.53. The molecule has 17 nitrogen and oxygen atoms in total. The number of anilines is 1. The number of nitrogens with one attached hydrogen (secondary N) is 1. The number of nitrogens with zero attached hydrogens (tertiary/aromatic N) is 5. The van der Waals surface area contributed by atoms with Gasteiger partial charge in [-0.25, -0.2) is 4.98 Å². The standard InChI is InChI=1S/C25H35N9O8S2/c1-25(2)20(22(36)34(25)42-44(37,38)39)31-21(35)19(18-14-43-24(28)30-18)32-41-11-10-40-17-5-4-16-13-33(9-6-15(16)12-17)23(27)29-8-3-7-26/h4-5,12,14,20H,3,6-11,13,26H2,1-2H3,(H2,27,29)(H2,28,30)(H,31,35)(H,37,38,39)/b32-19-. The number of aliphatic imine (C=N–C) groups is 1. The summed E-state index contributed by atoms with van der Waals surface area (Å²) in [5, 5.41) is 8.49. The number of hydrogen-bond acceptors (Lipinski definition) is 13. The average molecular weight is 654 g/mol. The van der Waals surface area contributed by atoms with E-state index in [0.29, 0.717) is 36.4 Å². The summed E-state index contributed by atoms with van der Waals surface area (Å²) in [7, 11) is -4.95. The lowest BCUT2D eigenvalue weighted by atomic mass is 9.84. The molecule has 3 heterocycles. The Kier molecular flexibility index (Phi) is 10.3. The lowest BCUT2D eigenvalue weighted by Gasteiger charge is -2.50. The van der Waals surface area contributed by atoms with Gasteiger partial charge in [0.1, 0.15) is 24.1 Å². The number of guanidine groups is 1. The third-order valence-electron chi connectivity index (χ3n) is 6.85. The number of β-lactam (4-membered cyclic amide) rings is 1. The molecule has 4 rings (SSSR count). The highest BCUT2D eigenvalue weighted by Gasteiger charge is 2.58. The van der Waals surface area contributed by atoms with E-state index < -0.39 is 33.8 Å². The summed E-state index contributed by atoms with van der Waals surface area (Å²) in [4.78, 5) is 41.4. The van der Waals surface area contributed by atoms with Crippen LogP contribution in [0.15, 0.2) is 33.7 Å². The Bertz CT molecular complexity index is 1540. The summed E-state index contributed by atoms with van der Waals surface area (Å²) in [6, 6.07) is 4.58. The molecule has 2 aromatic rings. The van der Waals surface area contributed by atoms with Crippen molar-refractivity contribution in [3.63, 3.8) is 0 Å². The molecule has 1 atom stereocenters. The van der Waals surface area contributed by atoms with Crippen LogP contribution in [-0.4, -0.2) is 95.8 Å². The van der Waals surface area contributed by atoms with Crippen molar-refractivity contribution in [2.75, 3.05) is 38.6 Å². The van der Waals surface area contributed by atoms with E-state index in [9.17, 15) is 18.0 Å². The molecule has 0 spiro atoms. The van der Waals surface area contributed by atoms with E-state index in [1.54, 1.807) is 0 Å². The first kappa shape index (κ1) is 32.9. The van der Waals surface area contributed by atoms with E-state index >= 15 is 0 Å².